The first-order valence-corrected chi connectivity index (χ1v) is 8.41. The van der Waals surface area contributed by atoms with E-state index in [1.165, 1.54) is 6.20 Å². The average molecular weight is 368 g/mol. The van der Waals surface area contributed by atoms with Gasteiger partial charge in [0.15, 0.2) is 0 Å². The lowest BCUT2D eigenvalue weighted by molar-refractivity contribution is -0.129. The number of aromatic amines is 1. The summed E-state index contributed by atoms with van der Waals surface area (Å²) < 4.78 is 5.48. The van der Waals surface area contributed by atoms with Crippen LogP contribution in [-0.4, -0.2) is 64.7 Å². The quantitative estimate of drug-likeness (QED) is 0.745. The Morgan fingerprint density at radius 3 is 2.74 bits per heavy atom. The number of ether oxygens (including phenoxy) is 1. The van der Waals surface area contributed by atoms with Crippen molar-refractivity contribution in [2.24, 2.45) is 0 Å². The molecule has 3 rings (SSSR count). The maximum Gasteiger partial charge on any atom is 0.219 e. The fourth-order valence-electron chi connectivity index (χ4n) is 2.85. The van der Waals surface area contributed by atoms with Gasteiger partial charge in [0.2, 0.25) is 11.7 Å². The van der Waals surface area contributed by atoms with Gasteiger partial charge in [0.1, 0.15) is 17.4 Å². The Kier molecular flexibility index (Phi) is 5.51. The van der Waals surface area contributed by atoms with Crippen molar-refractivity contribution < 1.29 is 9.53 Å². The minimum Gasteiger partial charge on any atom is -0.494 e. The van der Waals surface area contributed by atoms with Crippen LogP contribution in [0.4, 0.5) is 11.4 Å². The van der Waals surface area contributed by atoms with Crippen LogP contribution in [0.15, 0.2) is 24.4 Å². The number of hydrogen-bond donors (Lipinski definition) is 2. The minimum absolute atomic E-state index is 0.105. The fourth-order valence-corrected chi connectivity index (χ4v) is 2.85. The summed E-state index contributed by atoms with van der Waals surface area (Å²) in [5.41, 5.74) is 1.97. The number of allylic oxidation sites excluding steroid dienone is 1. The number of anilines is 2. The first kappa shape index (κ1) is 18.2. The number of aromatic nitrogens is 4. The molecule has 140 valence electrons. The second kappa shape index (κ2) is 8.18. The Morgan fingerprint density at radius 2 is 2.15 bits per heavy atom. The van der Waals surface area contributed by atoms with Gasteiger partial charge in [-0.25, -0.2) is 0 Å². The van der Waals surface area contributed by atoms with Crippen molar-refractivity contribution in [1.82, 2.24) is 25.5 Å². The van der Waals surface area contributed by atoms with Crippen molar-refractivity contribution in [2.75, 3.05) is 43.5 Å². The van der Waals surface area contributed by atoms with Crippen LogP contribution in [-0.2, 0) is 4.79 Å². The predicted molar refractivity (Wildman–Crippen MR) is 98.9 cm³/mol. The molecule has 0 radical (unpaired) electrons. The Bertz CT molecular complexity index is 864. The second-order valence-electron chi connectivity index (χ2n) is 5.93. The Labute approximate surface area is 156 Å². The van der Waals surface area contributed by atoms with E-state index in [1.807, 2.05) is 29.2 Å². The summed E-state index contributed by atoms with van der Waals surface area (Å²) in [7, 11) is 1.59. The van der Waals surface area contributed by atoms with Gasteiger partial charge in [-0.2, -0.15) is 10.5 Å². The molecular weight excluding hydrogens is 348 g/mol. The molecular formula is C17H20N8O2. The van der Waals surface area contributed by atoms with Gasteiger partial charge in [0.05, 0.1) is 12.8 Å². The molecule has 2 heterocycles. The summed E-state index contributed by atoms with van der Waals surface area (Å²) in [6.07, 6.45) is 1.51. The molecule has 1 aliphatic rings. The van der Waals surface area contributed by atoms with Crippen molar-refractivity contribution in [1.29, 1.82) is 5.26 Å². The van der Waals surface area contributed by atoms with E-state index in [9.17, 15) is 10.1 Å². The maximum atomic E-state index is 11.5. The van der Waals surface area contributed by atoms with E-state index in [4.69, 9.17) is 4.74 Å². The van der Waals surface area contributed by atoms with Gasteiger partial charge in [-0.05, 0) is 17.3 Å². The van der Waals surface area contributed by atoms with Gasteiger partial charge < -0.3 is 19.9 Å². The summed E-state index contributed by atoms with van der Waals surface area (Å²) in [5, 5.41) is 25.6. The van der Waals surface area contributed by atoms with Gasteiger partial charge in [-0.3, -0.25) is 4.79 Å². The number of tetrazole rings is 1. The van der Waals surface area contributed by atoms with E-state index in [2.05, 4.69) is 30.8 Å². The lowest BCUT2D eigenvalue weighted by atomic mass is 10.2. The third-order valence-corrected chi connectivity index (χ3v) is 4.35. The van der Waals surface area contributed by atoms with Crippen LogP contribution < -0.4 is 15.0 Å². The molecule has 0 unspecified atom stereocenters. The van der Waals surface area contributed by atoms with Gasteiger partial charge in [-0.1, -0.05) is 0 Å². The number of hydrogen-bond acceptors (Lipinski definition) is 8. The first-order chi connectivity index (χ1) is 13.1. The standard InChI is InChI=1S/C17H20N8O2/c1-12(26)24-5-7-25(8-6-24)14-3-4-15(16(9-14)27-2)19-11-13(10-18)17-20-22-23-21-17/h3-4,9,11,19H,5-8H2,1-2H3,(H,20,21,22,23). The number of nitriles is 1. The van der Waals surface area contributed by atoms with Gasteiger partial charge in [0, 0.05) is 51.1 Å². The third kappa shape index (κ3) is 4.14. The van der Waals surface area contributed by atoms with E-state index in [-0.39, 0.29) is 17.3 Å². The lowest BCUT2D eigenvalue weighted by Crippen LogP contribution is -2.48. The van der Waals surface area contributed by atoms with Crippen LogP contribution in [0.3, 0.4) is 0 Å². The Morgan fingerprint density at radius 1 is 1.37 bits per heavy atom. The number of nitrogens with zero attached hydrogens (tertiary/aromatic N) is 6. The number of H-pyrrole nitrogens is 1. The van der Waals surface area contributed by atoms with Crippen LogP contribution in [0.25, 0.3) is 5.57 Å². The molecule has 1 aromatic heterocycles. The Balaban J connectivity index is 1.73. The van der Waals surface area contributed by atoms with Crippen molar-refractivity contribution >= 4 is 22.9 Å². The highest BCUT2D eigenvalue weighted by Gasteiger charge is 2.19. The average Bonchev–Trinajstić information content (AvgIpc) is 3.23. The number of carbonyl (C=O) groups is 1. The van der Waals surface area contributed by atoms with Crippen LogP contribution in [0, 0.1) is 11.3 Å². The molecule has 0 saturated carbocycles. The number of piperazine rings is 1. The largest absolute Gasteiger partial charge is 0.494 e. The highest BCUT2D eigenvalue weighted by Crippen LogP contribution is 2.30. The molecule has 0 atom stereocenters. The summed E-state index contributed by atoms with van der Waals surface area (Å²) >= 11 is 0. The third-order valence-electron chi connectivity index (χ3n) is 4.35. The molecule has 10 nitrogen and oxygen atoms in total. The number of amides is 1. The maximum absolute atomic E-state index is 11.5. The summed E-state index contributed by atoms with van der Waals surface area (Å²) in [4.78, 5) is 15.5. The summed E-state index contributed by atoms with van der Waals surface area (Å²) in [5.74, 6) is 0.959. The molecule has 1 fully saturated rings. The van der Waals surface area contributed by atoms with E-state index in [1.54, 1.807) is 14.0 Å². The van der Waals surface area contributed by atoms with Crippen molar-refractivity contribution in [3.05, 3.63) is 30.2 Å². The van der Waals surface area contributed by atoms with Crippen LogP contribution in [0.1, 0.15) is 12.7 Å². The van der Waals surface area contributed by atoms with Crippen LogP contribution in [0.5, 0.6) is 5.75 Å². The molecule has 1 amide bonds. The number of carbonyl (C=O) groups excluding carboxylic acids is 1. The van der Waals surface area contributed by atoms with Gasteiger partial charge in [-0.15, -0.1) is 10.2 Å². The van der Waals surface area contributed by atoms with Crippen molar-refractivity contribution in [2.45, 2.75) is 6.92 Å². The molecule has 1 aliphatic heterocycles. The van der Waals surface area contributed by atoms with Crippen LogP contribution >= 0.6 is 0 Å². The lowest BCUT2D eigenvalue weighted by Gasteiger charge is -2.35. The fraction of sp³-hybridized carbons (Fsp3) is 0.353. The topological polar surface area (TPSA) is 123 Å². The van der Waals surface area contributed by atoms with Crippen molar-refractivity contribution in [3.63, 3.8) is 0 Å². The highest BCUT2D eigenvalue weighted by molar-refractivity contribution is 5.76. The zero-order valence-corrected chi connectivity index (χ0v) is 15.1. The van der Waals surface area contributed by atoms with Gasteiger partial charge in [0.25, 0.3) is 0 Å². The number of nitrogens with one attached hydrogen (secondary N) is 2. The number of benzene rings is 1. The van der Waals surface area contributed by atoms with Crippen LogP contribution in [0.2, 0.25) is 0 Å². The zero-order chi connectivity index (χ0) is 19.2. The first-order valence-electron chi connectivity index (χ1n) is 8.41. The highest BCUT2D eigenvalue weighted by atomic mass is 16.5. The molecule has 0 aliphatic carbocycles. The van der Waals surface area contributed by atoms with E-state index >= 15 is 0 Å². The van der Waals surface area contributed by atoms with E-state index < -0.39 is 0 Å². The normalized spacial score (nSPS) is 14.6. The Hall–Kier alpha value is -3.61. The van der Waals surface area contributed by atoms with E-state index in [0.717, 1.165) is 18.8 Å². The minimum atomic E-state index is 0.105. The molecule has 2 aromatic rings. The SMILES string of the molecule is COc1cc(N2CCN(C(C)=O)CC2)ccc1NC=C(C#N)c1nn[nH]n1. The number of methoxy groups -OCH3 is 1. The molecule has 27 heavy (non-hydrogen) atoms. The molecule has 0 spiro atoms. The molecule has 10 heteroatoms. The van der Waals surface area contributed by atoms with E-state index in [0.29, 0.717) is 24.5 Å². The zero-order valence-electron chi connectivity index (χ0n) is 15.1. The molecule has 1 aromatic carbocycles. The monoisotopic (exact) mass is 368 g/mol. The summed E-state index contributed by atoms with van der Waals surface area (Å²) in [6, 6.07) is 7.81. The number of rotatable bonds is 5. The van der Waals surface area contributed by atoms with Gasteiger partial charge >= 0.3 is 0 Å². The smallest absolute Gasteiger partial charge is 0.219 e. The van der Waals surface area contributed by atoms with Crippen molar-refractivity contribution in [3.8, 4) is 11.8 Å². The second-order valence-corrected chi connectivity index (χ2v) is 5.93. The summed E-state index contributed by atoms with van der Waals surface area (Å²) in [6.45, 7) is 4.54. The molecule has 1 saturated heterocycles. The predicted octanol–water partition coefficient (Wildman–Crippen LogP) is 0.853. The molecule has 0 bridgehead atoms. The molecule has 2 N–H and O–H groups in total.